The van der Waals surface area contributed by atoms with E-state index in [2.05, 4.69) is 5.10 Å². The van der Waals surface area contributed by atoms with E-state index in [0.717, 1.165) is 12.1 Å². The number of aromatic nitrogens is 2. The Morgan fingerprint density at radius 1 is 1.37 bits per heavy atom. The molecular weight excluding hydrogens is 259 g/mol. The van der Waals surface area contributed by atoms with Gasteiger partial charge in [0.25, 0.3) is 0 Å². The number of halogens is 3. The predicted molar refractivity (Wildman–Crippen MR) is 63.4 cm³/mol. The maximum atomic E-state index is 12.6. The van der Waals surface area contributed by atoms with Gasteiger partial charge in [0.15, 0.2) is 5.60 Å². The van der Waals surface area contributed by atoms with E-state index in [0.29, 0.717) is 6.54 Å². The number of alkyl halides is 3. The fourth-order valence-electron chi connectivity index (χ4n) is 2.28. The number of likely N-dealkylation sites (tertiary alicyclic amines) is 1. The summed E-state index contributed by atoms with van der Waals surface area (Å²) < 4.78 is 39.7. The molecule has 0 spiro atoms. The molecule has 0 radical (unpaired) electrons. The van der Waals surface area contributed by atoms with Crippen molar-refractivity contribution in [1.82, 2.24) is 14.7 Å². The summed E-state index contributed by atoms with van der Waals surface area (Å²) in [6, 6.07) is 0. The molecule has 2 heterocycles. The zero-order valence-corrected chi connectivity index (χ0v) is 10.8. The molecule has 7 heteroatoms. The molecule has 1 saturated heterocycles. The van der Waals surface area contributed by atoms with Crippen LogP contribution in [0, 0.1) is 0 Å². The molecule has 0 saturated carbocycles. The molecule has 108 valence electrons. The van der Waals surface area contributed by atoms with Gasteiger partial charge in [-0.2, -0.15) is 18.3 Å². The lowest BCUT2D eigenvalue weighted by molar-refractivity contribution is -0.272. The third-order valence-corrected chi connectivity index (χ3v) is 3.63. The highest BCUT2D eigenvalue weighted by Gasteiger charge is 2.54. The molecule has 4 nitrogen and oxygen atoms in total. The van der Waals surface area contributed by atoms with Crippen LogP contribution in [-0.2, 0) is 13.1 Å². The van der Waals surface area contributed by atoms with Crippen molar-refractivity contribution < 1.29 is 18.3 Å². The summed E-state index contributed by atoms with van der Waals surface area (Å²) in [6.07, 6.45) is -1.44. The molecule has 0 aromatic carbocycles. The number of piperidine rings is 1. The van der Waals surface area contributed by atoms with Crippen molar-refractivity contribution in [3.8, 4) is 0 Å². The van der Waals surface area contributed by atoms with Crippen LogP contribution in [0.25, 0.3) is 0 Å². The van der Waals surface area contributed by atoms with Crippen molar-refractivity contribution in [2.45, 2.75) is 44.6 Å². The van der Waals surface area contributed by atoms with E-state index in [-0.39, 0.29) is 25.9 Å². The van der Waals surface area contributed by atoms with Gasteiger partial charge >= 0.3 is 6.18 Å². The van der Waals surface area contributed by atoms with Gasteiger partial charge in [-0.1, -0.05) is 0 Å². The minimum absolute atomic E-state index is 0.243. The lowest BCUT2D eigenvalue weighted by Gasteiger charge is -2.38. The Bertz CT molecular complexity index is 422. The van der Waals surface area contributed by atoms with E-state index >= 15 is 0 Å². The Balaban J connectivity index is 1.90. The van der Waals surface area contributed by atoms with Crippen LogP contribution in [0.15, 0.2) is 12.4 Å². The summed E-state index contributed by atoms with van der Waals surface area (Å²) in [5.41, 5.74) is -1.53. The summed E-state index contributed by atoms with van der Waals surface area (Å²) >= 11 is 0. The van der Waals surface area contributed by atoms with Crippen LogP contribution in [0.5, 0.6) is 0 Å². The third-order valence-electron chi connectivity index (χ3n) is 3.63. The van der Waals surface area contributed by atoms with E-state index in [1.807, 2.05) is 18.0 Å². The largest absolute Gasteiger partial charge is 0.417 e. The monoisotopic (exact) mass is 277 g/mol. The van der Waals surface area contributed by atoms with Crippen molar-refractivity contribution in [1.29, 1.82) is 0 Å². The Hall–Kier alpha value is -1.08. The van der Waals surface area contributed by atoms with E-state index in [1.54, 1.807) is 10.9 Å². The first kappa shape index (κ1) is 14.3. The normalized spacial score (nSPS) is 20.7. The first-order valence-electron chi connectivity index (χ1n) is 6.37. The van der Waals surface area contributed by atoms with Crippen molar-refractivity contribution in [2.75, 3.05) is 13.1 Å². The number of hydrogen-bond acceptors (Lipinski definition) is 3. The van der Waals surface area contributed by atoms with Crippen LogP contribution >= 0.6 is 0 Å². The average molecular weight is 277 g/mol. The van der Waals surface area contributed by atoms with Crippen molar-refractivity contribution in [3.63, 3.8) is 0 Å². The minimum Gasteiger partial charge on any atom is -0.380 e. The zero-order chi connectivity index (χ0) is 14.1. The summed E-state index contributed by atoms with van der Waals surface area (Å²) in [7, 11) is 0. The summed E-state index contributed by atoms with van der Waals surface area (Å²) in [5.74, 6) is 0. The van der Waals surface area contributed by atoms with E-state index in [4.69, 9.17) is 0 Å². The van der Waals surface area contributed by atoms with Gasteiger partial charge in [0.1, 0.15) is 0 Å². The standard InChI is InChI=1S/C12H18F3N3O/c1-2-18-9-10(7-16-18)8-17-5-3-11(19,4-6-17)12(13,14)15/h7,9,19H,2-6,8H2,1H3. The van der Waals surface area contributed by atoms with Crippen LogP contribution in [0.3, 0.4) is 0 Å². The smallest absolute Gasteiger partial charge is 0.380 e. The van der Waals surface area contributed by atoms with Gasteiger partial charge in [-0.3, -0.25) is 9.58 Å². The highest BCUT2D eigenvalue weighted by Crippen LogP contribution is 2.38. The number of hydrogen-bond donors (Lipinski definition) is 1. The second-order valence-electron chi connectivity index (χ2n) is 5.01. The molecule has 19 heavy (non-hydrogen) atoms. The second-order valence-corrected chi connectivity index (χ2v) is 5.01. The Morgan fingerprint density at radius 3 is 2.47 bits per heavy atom. The quantitative estimate of drug-likeness (QED) is 0.916. The highest BCUT2D eigenvalue weighted by molar-refractivity contribution is 5.04. The Labute approximate surface area is 109 Å². The highest BCUT2D eigenvalue weighted by atomic mass is 19.4. The minimum atomic E-state index is -4.54. The zero-order valence-electron chi connectivity index (χ0n) is 10.8. The second kappa shape index (κ2) is 5.13. The van der Waals surface area contributed by atoms with Crippen LogP contribution in [0.2, 0.25) is 0 Å². The molecular formula is C12H18F3N3O. The Kier molecular flexibility index (Phi) is 3.87. The molecule has 0 aliphatic carbocycles. The molecule has 1 fully saturated rings. The van der Waals surface area contributed by atoms with Crippen molar-refractivity contribution in [3.05, 3.63) is 18.0 Å². The molecule has 2 rings (SSSR count). The number of aliphatic hydroxyl groups is 1. The van der Waals surface area contributed by atoms with Crippen molar-refractivity contribution >= 4 is 0 Å². The van der Waals surface area contributed by atoms with E-state index in [9.17, 15) is 18.3 Å². The topological polar surface area (TPSA) is 41.3 Å². The van der Waals surface area contributed by atoms with Crippen LogP contribution in [-0.4, -0.2) is 44.7 Å². The number of rotatable bonds is 3. The fourth-order valence-corrected chi connectivity index (χ4v) is 2.28. The van der Waals surface area contributed by atoms with Crippen LogP contribution in [0.1, 0.15) is 25.3 Å². The molecule has 0 atom stereocenters. The SMILES string of the molecule is CCn1cc(CN2CCC(O)(C(F)(F)F)CC2)cn1. The maximum Gasteiger partial charge on any atom is 0.417 e. The number of aryl methyl sites for hydroxylation is 1. The number of nitrogens with zero attached hydrogens (tertiary/aromatic N) is 3. The average Bonchev–Trinajstić information content (AvgIpc) is 2.79. The molecule has 1 aliphatic heterocycles. The van der Waals surface area contributed by atoms with Gasteiger partial charge in [0.2, 0.25) is 0 Å². The molecule has 1 aromatic rings. The van der Waals surface area contributed by atoms with Gasteiger partial charge in [-0.25, -0.2) is 0 Å². The van der Waals surface area contributed by atoms with E-state index in [1.165, 1.54) is 0 Å². The first-order chi connectivity index (χ1) is 8.84. The summed E-state index contributed by atoms with van der Waals surface area (Å²) in [4.78, 5) is 1.91. The molecule has 0 bridgehead atoms. The maximum absolute atomic E-state index is 12.6. The van der Waals surface area contributed by atoms with E-state index < -0.39 is 11.8 Å². The molecule has 0 unspecified atom stereocenters. The fraction of sp³-hybridized carbons (Fsp3) is 0.750. The molecule has 1 N–H and O–H groups in total. The van der Waals surface area contributed by atoms with Gasteiger partial charge < -0.3 is 5.11 Å². The van der Waals surface area contributed by atoms with Crippen molar-refractivity contribution in [2.24, 2.45) is 0 Å². The van der Waals surface area contributed by atoms with Gasteiger partial charge in [0.05, 0.1) is 6.20 Å². The summed E-state index contributed by atoms with van der Waals surface area (Å²) in [6.45, 7) is 3.81. The molecule has 1 aliphatic rings. The summed E-state index contributed by atoms with van der Waals surface area (Å²) in [5, 5.41) is 13.7. The van der Waals surface area contributed by atoms with Gasteiger partial charge in [-0.15, -0.1) is 0 Å². The molecule has 0 amide bonds. The third kappa shape index (κ3) is 3.09. The first-order valence-corrected chi connectivity index (χ1v) is 6.37. The van der Waals surface area contributed by atoms with Gasteiger partial charge in [0, 0.05) is 37.9 Å². The Morgan fingerprint density at radius 2 is 2.00 bits per heavy atom. The predicted octanol–water partition coefficient (Wildman–Crippen LogP) is 1.79. The lowest BCUT2D eigenvalue weighted by atomic mass is 9.90. The van der Waals surface area contributed by atoms with Gasteiger partial charge in [-0.05, 0) is 19.8 Å². The van der Waals surface area contributed by atoms with Crippen LogP contribution < -0.4 is 0 Å². The van der Waals surface area contributed by atoms with Crippen LogP contribution in [0.4, 0.5) is 13.2 Å². The lowest BCUT2D eigenvalue weighted by Crippen LogP contribution is -2.53. The molecule has 1 aromatic heterocycles.